The summed E-state index contributed by atoms with van der Waals surface area (Å²) in [6, 6.07) is 7.35. The molecule has 0 aliphatic heterocycles. The van der Waals surface area contributed by atoms with E-state index in [1.165, 1.54) is 11.8 Å². The van der Waals surface area contributed by atoms with Crippen LogP contribution in [0.5, 0.6) is 0 Å². The number of rotatable bonds is 7. The van der Waals surface area contributed by atoms with E-state index in [1.54, 1.807) is 10.6 Å². The van der Waals surface area contributed by atoms with Crippen molar-refractivity contribution in [1.29, 1.82) is 0 Å². The summed E-state index contributed by atoms with van der Waals surface area (Å²) in [5, 5.41) is 3.81. The molecule has 1 aromatic heterocycles. The normalized spacial score (nSPS) is 12.5. The van der Waals surface area contributed by atoms with Crippen LogP contribution in [0.25, 0.3) is 10.9 Å². The number of fused-ring (bicyclic) bond motifs is 1. The Morgan fingerprint density at radius 1 is 1.29 bits per heavy atom. The number of hydrogen-bond acceptors (Lipinski definition) is 4. The third-order valence-corrected chi connectivity index (χ3v) is 4.67. The standard InChI is InChI=1S/C18H25N3O2S/c1-5-10-19-16(22)13(4)24-18-20-15-9-7-6-8-14(15)17(23)21(18)11-12(2)3/h6-9,12-13H,5,10-11H2,1-4H3,(H,19,22)/t13-/m1/s1. The van der Waals surface area contributed by atoms with Gasteiger partial charge in [0.1, 0.15) is 0 Å². The number of nitrogens with one attached hydrogen (secondary N) is 1. The lowest BCUT2D eigenvalue weighted by atomic mass is 10.2. The molecule has 2 rings (SSSR count). The predicted molar refractivity (Wildman–Crippen MR) is 99.5 cm³/mol. The average Bonchev–Trinajstić information content (AvgIpc) is 2.55. The Morgan fingerprint density at radius 3 is 2.67 bits per heavy atom. The summed E-state index contributed by atoms with van der Waals surface area (Å²) in [5.74, 6) is 0.287. The summed E-state index contributed by atoms with van der Waals surface area (Å²) in [7, 11) is 0. The Labute approximate surface area is 146 Å². The van der Waals surface area contributed by atoms with Crippen LogP contribution in [0.4, 0.5) is 0 Å². The Kier molecular flexibility index (Phi) is 6.43. The van der Waals surface area contributed by atoms with E-state index in [9.17, 15) is 9.59 Å². The Balaban J connectivity index is 2.40. The first-order valence-electron chi connectivity index (χ1n) is 8.38. The molecule has 24 heavy (non-hydrogen) atoms. The molecule has 1 heterocycles. The second-order valence-corrected chi connectivity index (χ2v) is 7.58. The van der Waals surface area contributed by atoms with Gasteiger partial charge in [-0.25, -0.2) is 4.98 Å². The number of hydrogen-bond donors (Lipinski definition) is 1. The van der Waals surface area contributed by atoms with E-state index >= 15 is 0 Å². The van der Waals surface area contributed by atoms with Crippen molar-refractivity contribution in [2.45, 2.75) is 51.1 Å². The van der Waals surface area contributed by atoms with Gasteiger partial charge < -0.3 is 5.32 Å². The summed E-state index contributed by atoms with van der Waals surface area (Å²) in [4.78, 5) is 29.6. The minimum Gasteiger partial charge on any atom is -0.355 e. The molecule has 0 saturated carbocycles. The van der Waals surface area contributed by atoms with Crippen molar-refractivity contribution >= 4 is 28.6 Å². The maximum Gasteiger partial charge on any atom is 0.262 e. The highest BCUT2D eigenvalue weighted by Gasteiger charge is 2.19. The number of nitrogens with zero attached hydrogens (tertiary/aromatic N) is 2. The molecule has 0 saturated heterocycles. The highest BCUT2D eigenvalue weighted by Crippen LogP contribution is 2.23. The van der Waals surface area contributed by atoms with E-state index < -0.39 is 0 Å². The fourth-order valence-electron chi connectivity index (χ4n) is 2.37. The molecule has 0 spiro atoms. The largest absolute Gasteiger partial charge is 0.355 e. The molecule has 0 aliphatic carbocycles. The maximum atomic E-state index is 12.8. The van der Waals surface area contributed by atoms with E-state index in [0.717, 1.165) is 6.42 Å². The zero-order valence-corrected chi connectivity index (χ0v) is 15.5. The van der Waals surface area contributed by atoms with Gasteiger partial charge in [-0.1, -0.05) is 44.7 Å². The lowest BCUT2D eigenvalue weighted by molar-refractivity contribution is -0.120. The number of amides is 1. The van der Waals surface area contributed by atoms with Crippen LogP contribution in [0.3, 0.4) is 0 Å². The molecule has 1 amide bonds. The number of carbonyl (C=O) groups is 1. The zero-order valence-electron chi connectivity index (χ0n) is 14.7. The van der Waals surface area contributed by atoms with Crippen LogP contribution >= 0.6 is 11.8 Å². The van der Waals surface area contributed by atoms with Crippen molar-refractivity contribution in [3.63, 3.8) is 0 Å². The Bertz CT molecular complexity index is 770. The first-order valence-corrected chi connectivity index (χ1v) is 9.26. The van der Waals surface area contributed by atoms with Crippen LogP contribution in [0.2, 0.25) is 0 Å². The highest BCUT2D eigenvalue weighted by atomic mass is 32.2. The second kappa shape index (κ2) is 8.33. The highest BCUT2D eigenvalue weighted by molar-refractivity contribution is 8.00. The van der Waals surface area contributed by atoms with Crippen molar-refractivity contribution < 1.29 is 4.79 Å². The lowest BCUT2D eigenvalue weighted by Gasteiger charge is -2.17. The molecule has 0 unspecified atom stereocenters. The van der Waals surface area contributed by atoms with Gasteiger partial charge in [0.25, 0.3) is 5.56 Å². The van der Waals surface area contributed by atoms with Crippen LogP contribution in [-0.4, -0.2) is 27.3 Å². The van der Waals surface area contributed by atoms with Crippen molar-refractivity contribution in [2.24, 2.45) is 5.92 Å². The molecule has 1 atom stereocenters. The van der Waals surface area contributed by atoms with Crippen molar-refractivity contribution in [1.82, 2.24) is 14.9 Å². The molecular formula is C18H25N3O2S. The van der Waals surface area contributed by atoms with Gasteiger partial charge >= 0.3 is 0 Å². The molecule has 0 bridgehead atoms. The molecule has 6 heteroatoms. The molecule has 0 fully saturated rings. The van der Waals surface area contributed by atoms with Gasteiger partial charge in [-0.05, 0) is 31.4 Å². The van der Waals surface area contributed by atoms with Crippen LogP contribution in [0.15, 0.2) is 34.2 Å². The molecule has 5 nitrogen and oxygen atoms in total. The Morgan fingerprint density at radius 2 is 2.00 bits per heavy atom. The minimum atomic E-state index is -0.303. The summed E-state index contributed by atoms with van der Waals surface area (Å²) in [6.07, 6.45) is 0.898. The van der Waals surface area contributed by atoms with E-state index in [0.29, 0.717) is 35.1 Å². The maximum absolute atomic E-state index is 12.8. The van der Waals surface area contributed by atoms with Crippen LogP contribution in [0, 0.1) is 5.92 Å². The van der Waals surface area contributed by atoms with Gasteiger partial charge in [-0.2, -0.15) is 0 Å². The van der Waals surface area contributed by atoms with Gasteiger partial charge in [-0.3, -0.25) is 14.2 Å². The topological polar surface area (TPSA) is 64.0 Å². The first kappa shape index (κ1) is 18.5. The fraction of sp³-hybridized carbons (Fsp3) is 0.500. The minimum absolute atomic E-state index is 0.0274. The zero-order chi connectivity index (χ0) is 17.7. The van der Waals surface area contributed by atoms with Crippen molar-refractivity contribution in [3.05, 3.63) is 34.6 Å². The first-order chi connectivity index (χ1) is 11.4. The molecule has 130 valence electrons. The van der Waals surface area contributed by atoms with Crippen LogP contribution in [0.1, 0.15) is 34.1 Å². The molecule has 1 aromatic carbocycles. The molecule has 1 N–H and O–H groups in total. The lowest BCUT2D eigenvalue weighted by Crippen LogP contribution is -2.32. The van der Waals surface area contributed by atoms with Crippen LogP contribution in [-0.2, 0) is 11.3 Å². The van der Waals surface area contributed by atoms with E-state index in [4.69, 9.17) is 0 Å². The molecular weight excluding hydrogens is 322 g/mol. The van der Waals surface area contributed by atoms with Gasteiger partial charge in [0.2, 0.25) is 5.91 Å². The summed E-state index contributed by atoms with van der Waals surface area (Å²) >= 11 is 1.34. The fourth-order valence-corrected chi connectivity index (χ4v) is 3.31. The van der Waals surface area contributed by atoms with Crippen LogP contribution < -0.4 is 10.9 Å². The van der Waals surface area contributed by atoms with Gasteiger partial charge in [0.05, 0.1) is 16.2 Å². The summed E-state index contributed by atoms with van der Waals surface area (Å²) in [5.41, 5.74) is 0.629. The number of aromatic nitrogens is 2. The smallest absolute Gasteiger partial charge is 0.262 e. The SMILES string of the molecule is CCCNC(=O)[C@@H](C)Sc1nc2ccccc2c(=O)n1CC(C)C. The molecule has 0 aliphatic rings. The van der Waals surface area contributed by atoms with E-state index in [-0.39, 0.29) is 16.7 Å². The number of benzene rings is 1. The monoisotopic (exact) mass is 347 g/mol. The Hall–Kier alpha value is -1.82. The second-order valence-electron chi connectivity index (χ2n) is 6.27. The van der Waals surface area contributed by atoms with E-state index in [2.05, 4.69) is 24.1 Å². The molecule has 0 radical (unpaired) electrons. The van der Waals surface area contributed by atoms with Crippen molar-refractivity contribution in [3.8, 4) is 0 Å². The van der Waals surface area contributed by atoms with Gasteiger partial charge in [-0.15, -0.1) is 0 Å². The van der Waals surface area contributed by atoms with E-state index in [1.807, 2.05) is 32.0 Å². The number of para-hydroxylation sites is 1. The number of thioether (sulfide) groups is 1. The van der Waals surface area contributed by atoms with Crippen molar-refractivity contribution in [2.75, 3.05) is 6.54 Å². The third-order valence-electron chi connectivity index (χ3n) is 3.57. The molecule has 2 aromatic rings. The number of carbonyl (C=O) groups excluding carboxylic acids is 1. The van der Waals surface area contributed by atoms with Gasteiger partial charge in [0.15, 0.2) is 5.16 Å². The van der Waals surface area contributed by atoms with Gasteiger partial charge in [0, 0.05) is 13.1 Å². The summed E-state index contributed by atoms with van der Waals surface area (Å²) in [6.45, 7) is 9.23. The third kappa shape index (κ3) is 4.38. The average molecular weight is 347 g/mol. The quantitative estimate of drug-likeness (QED) is 0.617. The predicted octanol–water partition coefficient (Wildman–Crippen LogP) is 3.06. The summed E-state index contributed by atoms with van der Waals surface area (Å²) < 4.78 is 1.70.